The third-order valence-corrected chi connectivity index (χ3v) is 6.97. The van der Waals surface area contributed by atoms with Crippen molar-refractivity contribution in [2.75, 3.05) is 26.2 Å². The third kappa shape index (κ3) is 7.09. The summed E-state index contributed by atoms with van der Waals surface area (Å²) in [4.78, 5) is 41.2. The van der Waals surface area contributed by atoms with Crippen molar-refractivity contribution < 1.29 is 23.5 Å². The predicted molar refractivity (Wildman–Crippen MR) is 149 cm³/mol. The highest BCUT2D eigenvalue weighted by Gasteiger charge is 2.25. The Hall–Kier alpha value is -3.59. The number of carbonyl (C=O) groups excluding carboxylic acids is 3. The SMILES string of the molecule is CC(C)C[C@H]1COc2ccc(Cl)cc2C(=O)NCCCCN(C(=O)c2cc3cc(F)ccc3n2C)CC(=O)N1. The van der Waals surface area contributed by atoms with Gasteiger partial charge in [-0.2, -0.15) is 0 Å². The summed E-state index contributed by atoms with van der Waals surface area (Å²) in [5.74, 6) is -0.658. The van der Waals surface area contributed by atoms with Crippen LogP contribution in [-0.2, 0) is 11.8 Å². The summed E-state index contributed by atoms with van der Waals surface area (Å²) in [5.41, 5.74) is 1.42. The number of nitrogens with zero attached hydrogens (tertiary/aromatic N) is 2. The van der Waals surface area contributed by atoms with Crippen molar-refractivity contribution in [1.29, 1.82) is 0 Å². The molecule has 39 heavy (non-hydrogen) atoms. The first-order valence-corrected chi connectivity index (χ1v) is 13.5. The molecule has 3 aromatic rings. The summed E-state index contributed by atoms with van der Waals surface area (Å²) in [6.45, 7) is 4.79. The number of benzene rings is 2. The van der Waals surface area contributed by atoms with Crippen LogP contribution in [0.1, 0.15) is 54.0 Å². The Morgan fingerprint density at radius 3 is 2.72 bits per heavy atom. The lowest BCUT2D eigenvalue weighted by atomic mass is 10.0. The second-order valence-corrected chi connectivity index (χ2v) is 10.8. The average Bonchev–Trinajstić information content (AvgIpc) is 3.20. The van der Waals surface area contributed by atoms with E-state index >= 15 is 0 Å². The Labute approximate surface area is 232 Å². The number of hydrogen-bond acceptors (Lipinski definition) is 4. The Balaban J connectivity index is 1.59. The van der Waals surface area contributed by atoms with Gasteiger partial charge in [0, 0.05) is 36.1 Å². The van der Waals surface area contributed by atoms with E-state index in [4.69, 9.17) is 16.3 Å². The highest BCUT2D eigenvalue weighted by Crippen LogP contribution is 2.24. The van der Waals surface area contributed by atoms with Crippen LogP contribution in [0, 0.1) is 11.7 Å². The number of amides is 3. The number of ether oxygens (including phenoxy) is 1. The van der Waals surface area contributed by atoms with Crippen LogP contribution in [0.5, 0.6) is 5.75 Å². The summed E-state index contributed by atoms with van der Waals surface area (Å²) in [6.07, 6.45) is 1.79. The fourth-order valence-corrected chi connectivity index (χ4v) is 5.02. The Bertz CT molecular complexity index is 1370. The van der Waals surface area contributed by atoms with Crippen molar-refractivity contribution in [3.8, 4) is 5.75 Å². The minimum Gasteiger partial charge on any atom is -0.491 e. The van der Waals surface area contributed by atoms with E-state index in [1.165, 1.54) is 17.0 Å². The molecule has 1 aliphatic rings. The number of hydrogen-bond donors (Lipinski definition) is 2. The van der Waals surface area contributed by atoms with Crippen molar-refractivity contribution in [3.63, 3.8) is 0 Å². The summed E-state index contributed by atoms with van der Waals surface area (Å²) < 4.78 is 21.5. The molecule has 1 atom stereocenters. The molecule has 0 unspecified atom stereocenters. The number of halogens is 2. The van der Waals surface area contributed by atoms with Crippen molar-refractivity contribution in [3.05, 3.63) is 64.6 Å². The first-order chi connectivity index (χ1) is 18.6. The predicted octanol–water partition coefficient (Wildman–Crippen LogP) is 4.55. The highest BCUT2D eigenvalue weighted by molar-refractivity contribution is 6.31. The molecular weight excluding hydrogens is 523 g/mol. The van der Waals surface area contributed by atoms with E-state index < -0.39 is 0 Å². The first kappa shape index (κ1) is 28.4. The lowest BCUT2D eigenvalue weighted by Crippen LogP contribution is -2.47. The number of rotatable bonds is 3. The van der Waals surface area contributed by atoms with E-state index in [0.717, 1.165) is 5.52 Å². The van der Waals surface area contributed by atoms with Gasteiger partial charge in [-0.3, -0.25) is 14.4 Å². The maximum Gasteiger partial charge on any atom is 0.270 e. The quantitative estimate of drug-likeness (QED) is 0.495. The van der Waals surface area contributed by atoms with Crippen molar-refractivity contribution in [1.82, 2.24) is 20.1 Å². The van der Waals surface area contributed by atoms with Gasteiger partial charge in [-0.15, -0.1) is 0 Å². The van der Waals surface area contributed by atoms with E-state index in [9.17, 15) is 18.8 Å². The van der Waals surface area contributed by atoms with Gasteiger partial charge >= 0.3 is 0 Å². The van der Waals surface area contributed by atoms with Crippen LogP contribution in [0.3, 0.4) is 0 Å². The summed E-state index contributed by atoms with van der Waals surface area (Å²) in [6, 6.07) is 10.5. The Morgan fingerprint density at radius 2 is 1.95 bits per heavy atom. The largest absolute Gasteiger partial charge is 0.491 e. The molecule has 2 heterocycles. The second-order valence-electron chi connectivity index (χ2n) is 10.3. The minimum atomic E-state index is -0.384. The third-order valence-electron chi connectivity index (χ3n) is 6.73. The zero-order chi connectivity index (χ0) is 28.1. The number of carbonyl (C=O) groups is 3. The lowest BCUT2D eigenvalue weighted by molar-refractivity contribution is -0.122. The van der Waals surface area contributed by atoms with E-state index in [-0.39, 0.29) is 48.7 Å². The zero-order valence-electron chi connectivity index (χ0n) is 22.4. The van der Waals surface area contributed by atoms with E-state index in [1.807, 2.05) is 13.8 Å². The second kappa shape index (κ2) is 12.5. The van der Waals surface area contributed by atoms with Gasteiger partial charge in [-0.1, -0.05) is 25.4 Å². The molecule has 2 aromatic carbocycles. The fourth-order valence-electron chi connectivity index (χ4n) is 4.84. The number of aryl methyl sites for hydroxylation is 1. The monoisotopic (exact) mass is 556 g/mol. The molecule has 10 heteroatoms. The molecule has 0 bridgehead atoms. The van der Waals surface area contributed by atoms with Gasteiger partial charge in [0.1, 0.15) is 23.9 Å². The van der Waals surface area contributed by atoms with Crippen LogP contribution in [0.4, 0.5) is 4.39 Å². The van der Waals surface area contributed by atoms with Gasteiger partial charge in [-0.25, -0.2) is 4.39 Å². The van der Waals surface area contributed by atoms with Crippen LogP contribution < -0.4 is 15.4 Å². The van der Waals surface area contributed by atoms with Crippen LogP contribution in [-0.4, -0.2) is 59.5 Å². The molecule has 4 rings (SSSR count). The molecule has 0 spiro atoms. The van der Waals surface area contributed by atoms with Crippen molar-refractivity contribution in [2.24, 2.45) is 13.0 Å². The number of nitrogens with one attached hydrogen (secondary N) is 2. The van der Waals surface area contributed by atoms with Crippen LogP contribution in [0.25, 0.3) is 10.9 Å². The van der Waals surface area contributed by atoms with E-state index in [2.05, 4.69) is 10.6 Å². The molecule has 0 aliphatic carbocycles. The molecule has 3 amide bonds. The maximum absolute atomic E-state index is 13.8. The molecule has 0 radical (unpaired) electrons. The van der Waals surface area contributed by atoms with E-state index in [1.54, 1.807) is 41.9 Å². The van der Waals surface area contributed by atoms with Gasteiger partial charge in [-0.05, 0) is 67.6 Å². The van der Waals surface area contributed by atoms with Gasteiger partial charge in [0.05, 0.1) is 18.2 Å². The molecular formula is C29H34ClFN4O4. The molecule has 0 saturated heterocycles. The molecule has 8 nitrogen and oxygen atoms in total. The van der Waals surface area contributed by atoms with Gasteiger partial charge in [0.15, 0.2) is 0 Å². The van der Waals surface area contributed by atoms with Crippen LogP contribution in [0.2, 0.25) is 5.02 Å². The highest BCUT2D eigenvalue weighted by atomic mass is 35.5. The van der Waals surface area contributed by atoms with Gasteiger partial charge < -0.3 is 24.8 Å². The molecule has 0 saturated carbocycles. The van der Waals surface area contributed by atoms with Crippen LogP contribution in [0.15, 0.2) is 42.5 Å². The maximum atomic E-state index is 13.8. The van der Waals surface area contributed by atoms with E-state index in [0.29, 0.717) is 59.8 Å². The number of aromatic nitrogens is 1. The average molecular weight is 557 g/mol. The minimum absolute atomic E-state index is 0.137. The Morgan fingerprint density at radius 1 is 1.15 bits per heavy atom. The molecule has 0 fully saturated rings. The van der Waals surface area contributed by atoms with Gasteiger partial charge in [0.25, 0.3) is 11.8 Å². The van der Waals surface area contributed by atoms with Gasteiger partial charge in [0.2, 0.25) is 5.91 Å². The Kier molecular flexibility index (Phi) is 9.12. The molecule has 2 N–H and O–H groups in total. The molecule has 1 aliphatic heterocycles. The standard InChI is InChI=1S/C29H34ClFN4O4/c1-18(2)12-22-17-39-26-9-6-20(30)15-23(26)28(37)32-10-4-5-11-35(16-27(36)33-22)29(38)25-14-19-13-21(31)7-8-24(19)34(25)3/h6-9,13-15,18,22H,4-5,10-12,16-17H2,1-3H3,(H,32,37)(H,33,36)/t22-/m0/s1. The lowest BCUT2D eigenvalue weighted by Gasteiger charge is -2.25. The smallest absolute Gasteiger partial charge is 0.270 e. The zero-order valence-corrected chi connectivity index (χ0v) is 23.2. The molecule has 1 aromatic heterocycles. The van der Waals surface area contributed by atoms with Crippen LogP contribution >= 0.6 is 11.6 Å². The topological polar surface area (TPSA) is 92.7 Å². The summed E-state index contributed by atoms with van der Waals surface area (Å²) in [7, 11) is 1.75. The van der Waals surface area contributed by atoms with Crippen molar-refractivity contribution in [2.45, 2.75) is 39.2 Å². The summed E-state index contributed by atoms with van der Waals surface area (Å²) >= 11 is 6.14. The molecule has 208 valence electrons. The van der Waals surface area contributed by atoms with Crippen molar-refractivity contribution >= 4 is 40.2 Å². The first-order valence-electron chi connectivity index (χ1n) is 13.2. The fraction of sp³-hybridized carbons (Fsp3) is 0.414. The number of fused-ring (bicyclic) bond motifs is 2. The normalized spacial score (nSPS) is 17.6. The summed E-state index contributed by atoms with van der Waals surface area (Å²) in [5, 5.41) is 6.94.